The molecule has 3 rings (SSSR count). The Labute approximate surface area is 157 Å². The van der Waals surface area contributed by atoms with E-state index in [1.807, 2.05) is 30.3 Å². The number of para-hydroxylation sites is 1. The minimum Gasteiger partial charge on any atom is -0.465 e. The van der Waals surface area contributed by atoms with Gasteiger partial charge in [-0.3, -0.25) is 4.72 Å². The topological polar surface area (TPSA) is 90.3 Å². The monoisotopic (exact) mass is 385 g/mol. The predicted octanol–water partition coefficient (Wildman–Crippen LogP) is 3.08. The number of methoxy groups -OCH3 is 1. The zero-order valence-corrected chi connectivity index (χ0v) is 15.9. The number of hydrogen-bond acceptors (Lipinski definition) is 5. The van der Waals surface area contributed by atoms with Gasteiger partial charge in [-0.05, 0) is 50.2 Å². The number of anilines is 1. The molecular formula is C19H19N3O4S. The lowest BCUT2D eigenvalue weighted by atomic mass is 10.2. The third-order valence-electron chi connectivity index (χ3n) is 4.05. The number of sulfonamides is 1. The lowest BCUT2D eigenvalue weighted by Gasteiger charge is -2.09. The fraction of sp³-hybridized carbons (Fsp3) is 0.158. The smallest absolute Gasteiger partial charge is 0.337 e. The molecular weight excluding hydrogens is 366 g/mol. The van der Waals surface area contributed by atoms with E-state index in [0.29, 0.717) is 22.6 Å². The quantitative estimate of drug-likeness (QED) is 0.682. The second-order valence-corrected chi connectivity index (χ2v) is 7.54. The van der Waals surface area contributed by atoms with Crippen LogP contribution in [0.5, 0.6) is 0 Å². The SMILES string of the molecule is COC(=O)c1ccc(NS(=O)(=O)c2c(C)nn(-c3ccccc3)c2C)cc1. The van der Waals surface area contributed by atoms with E-state index in [-0.39, 0.29) is 4.90 Å². The van der Waals surface area contributed by atoms with Crippen LogP contribution in [0.15, 0.2) is 59.5 Å². The molecule has 7 nitrogen and oxygen atoms in total. The van der Waals surface area contributed by atoms with Gasteiger partial charge in [-0.2, -0.15) is 5.10 Å². The van der Waals surface area contributed by atoms with Gasteiger partial charge >= 0.3 is 5.97 Å². The van der Waals surface area contributed by atoms with Gasteiger partial charge in [0.2, 0.25) is 0 Å². The van der Waals surface area contributed by atoms with Crippen LogP contribution in [0, 0.1) is 13.8 Å². The van der Waals surface area contributed by atoms with Gasteiger partial charge in [0.1, 0.15) is 4.90 Å². The third-order valence-corrected chi connectivity index (χ3v) is 5.69. The summed E-state index contributed by atoms with van der Waals surface area (Å²) in [6.07, 6.45) is 0. The van der Waals surface area contributed by atoms with Crippen LogP contribution in [0.25, 0.3) is 5.69 Å². The molecule has 0 aliphatic rings. The number of ether oxygens (including phenoxy) is 1. The van der Waals surface area contributed by atoms with Gasteiger partial charge in [-0.1, -0.05) is 18.2 Å². The largest absolute Gasteiger partial charge is 0.465 e. The van der Waals surface area contributed by atoms with Gasteiger partial charge in [-0.25, -0.2) is 17.9 Å². The Kier molecular flexibility index (Phi) is 5.00. The number of aryl methyl sites for hydroxylation is 1. The van der Waals surface area contributed by atoms with Crippen molar-refractivity contribution in [2.24, 2.45) is 0 Å². The van der Waals surface area contributed by atoms with E-state index in [1.54, 1.807) is 18.5 Å². The highest BCUT2D eigenvalue weighted by Crippen LogP contribution is 2.25. The number of benzene rings is 2. The Morgan fingerprint density at radius 3 is 2.26 bits per heavy atom. The molecule has 1 N–H and O–H groups in total. The molecule has 2 aromatic carbocycles. The number of nitrogens with one attached hydrogen (secondary N) is 1. The molecule has 3 aromatic rings. The van der Waals surface area contributed by atoms with Gasteiger partial charge in [0.15, 0.2) is 0 Å². The molecule has 0 saturated carbocycles. The van der Waals surface area contributed by atoms with Crippen molar-refractivity contribution in [3.8, 4) is 5.69 Å². The average molecular weight is 385 g/mol. The summed E-state index contributed by atoms with van der Waals surface area (Å²) in [4.78, 5) is 11.6. The van der Waals surface area contributed by atoms with E-state index in [1.165, 1.54) is 31.4 Å². The van der Waals surface area contributed by atoms with Crippen LogP contribution >= 0.6 is 0 Å². The number of hydrogen-bond donors (Lipinski definition) is 1. The molecule has 1 heterocycles. The molecule has 0 bridgehead atoms. The van der Waals surface area contributed by atoms with Crippen molar-refractivity contribution < 1.29 is 17.9 Å². The highest BCUT2D eigenvalue weighted by molar-refractivity contribution is 7.92. The molecule has 0 saturated heterocycles. The van der Waals surface area contributed by atoms with E-state index in [0.717, 1.165) is 5.69 Å². The Morgan fingerprint density at radius 1 is 1.04 bits per heavy atom. The zero-order chi connectivity index (χ0) is 19.6. The van der Waals surface area contributed by atoms with E-state index >= 15 is 0 Å². The van der Waals surface area contributed by atoms with Crippen LogP contribution in [0.3, 0.4) is 0 Å². The molecule has 0 atom stereocenters. The molecule has 8 heteroatoms. The number of esters is 1. The van der Waals surface area contributed by atoms with Crippen LogP contribution < -0.4 is 4.72 Å². The fourth-order valence-corrected chi connectivity index (χ4v) is 4.29. The molecule has 140 valence electrons. The molecule has 0 amide bonds. The molecule has 27 heavy (non-hydrogen) atoms. The number of nitrogens with zero attached hydrogens (tertiary/aromatic N) is 2. The van der Waals surface area contributed by atoms with E-state index in [2.05, 4.69) is 14.6 Å². The Morgan fingerprint density at radius 2 is 1.67 bits per heavy atom. The van der Waals surface area contributed by atoms with Gasteiger partial charge in [0, 0.05) is 5.69 Å². The van der Waals surface area contributed by atoms with Crippen LogP contribution in [0.4, 0.5) is 5.69 Å². The van der Waals surface area contributed by atoms with E-state index < -0.39 is 16.0 Å². The van der Waals surface area contributed by atoms with Crippen molar-refractivity contribution in [3.63, 3.8) is 0 Å². The van der Waals surface area contributed by atoms with Crippen molar-refractivity contribution >= 4 is 21.7 Å². The highest BCUT2D eigenvalue weighted by atomic mass is 32.2. The van der Waals surface area contributed by atoms with Crippen molar-refractivity contribution in [2.45, 2.75) is 18.7 Å². The van der Waals surface area contributed by atoms with Crippen LogP contribution in [-0.4, -0.2) is 31.3 Å². The maximum Gasteiger partial charge on any atom is 0.337 e. The fourth-order valence-electron chi connectivity index (χ4n) is 2.84. The first kappa shape index (κ1) is 18.7. The summed E-state index contributed by atoms with van der Waals surface area (Å²) in [7, 11) is -2.56. The zero-order valence-electron chi connectivity index (χ0n) is 15.1. The van der Waals surface area contributed by atoms with Crippen molar-refractivity contribution in [2.75, 3.05) is 11.8 Å². The summed E-state index contributed by atoms with van der Waals surface area (Å²) < 4.78 is 34.6. The predicted molar refractivity (Wildman–Crippen MR) is 102 cm³/mol. The van der Waals surface area contributed by atoms with Crippen molar-refractivity contribution in [3.05, 3.63) is 71.5 Å². The third kappa shape index (κ3) is 3.70. The second-order valence-electron chi connectivity index (χ2n) is 5.92. The maximum absolute atomic E-state index is 12.9. The van der Waals surface area contributed by atoms with Gasteiger partial charge in [-0.15, -0.1) is 0 Å². The summed E-state index contributed by atoms with van der Waals surface area (Å²) >= 11 is 0. The highest BCUT2D eigenvalue weighted by Gasteiger charge is 2.25. The van der Waals surface area contributed by atoms with Crippen LogP contribution in [0.2, 0.25) is 0 Å². The summed E-state index contributed by atoms with van der Waals surface area (Å²) in [5.41, 5.74) is 2.37. The molecule has 0 aliphatic heterocycles. The van der Waals surface area contributed by atoms with Crippen LogP contribution in [-0.2, 0) is 14.8 Å². The van der Waals surface area contributed by atoms with Crippen LogP contribution in [0.1, 0.15) is 21.7 Å². The molecule has 0 unspecified atom stereocenters. The first-order chi connectivity index (χ1) is 12.8. The lowest BCUT2D eigenvalue weighted by molar-refractivity contribution is 0.0601. The first-order valence-electron chi connectivity index (χ1n) is 8.16. The summed E-state index contributed by atoms with van der Waals surface area (Å²) in [5, 5.41) is 4.37. The minimum absolute atomic E-state index is 0.128. The molecule has 0 radical (unpaired) electrons. The van der Waals surface area contributed by atoms with E-state index in [4.69, 9.17) is 0 Å². The normalized spacial score (nSPS) is 11.2. The second kappa shape index (κ2) is 7.24. The number of carbonyl (C=O) groups excluding carboxylic acids is 1. The summed E-state index contributed by atoms with van der Waals surface area (Å²) in [6, 6.07) is 15.3. The Hall–Kier alpha value is -3.13. The first-order valence-corrected chi connectivity index (χ1v) is 9.64. The number of carbonyl (C=O) groups is 1. The molecule has 0 aliphatic carbocycles. The maximum atomic E-state index is 12.9. The minimum atomic E-state index is -3.85. The van der Waals surface area contributed by atoms with Gasteiger partial charge < -0.3 is 4.74 Å². The Bertz CT molecular complexity index is 1070. The van der Waals surface area contributed by atoms with E-state index in [9.17, 15) is 13.2 Å². The Balaban J connectivity index is 1.94. The average Bonchev–Trinajstić information content (AvgIpc) is 2.97. The number of aromatic nitrogens is 2. The molecule has 0 spiro atoms. The molecule has 1 aromatic heterocycles. The molecule has 0 fully saturated rings. The summed E-state index contributed by atoms with van der Waals surface area (Å²) in [5.74, 6) is -0.486. The standard InChI is InChI=1S/C19H19N3O4S/c1-13-18(14(2)22(20-13)17-7-5-4-6-8-17)27(24,25)21-16-11-9-15(10-12-16)19(23)26-3/h4-12,21H,1-3H3. The van der Waals surface area contributed by atoms with Gasteiger partial charge in [0.25, 0.3) is 10.0 Å². The van der Waals surface area contributed by atoms with Crippen molar-refractivity contribution in [1.29, 1.82) is 0 Å². The lowest BCUT2D eigenvalue weighted by Crippen LogP contribution is -2.15. The van der Waals surface area contributed by atoms with Crippen molar-refractivity contribution in [1.82, 2.24) is 9.78 Å². The van der Waals surface area contributed by atoms with Gasteiger partial charge in [0.05, 0.1) is 29.7 Å². The number of rotatable bonds is 5. The summed E-state index contributed by atoms with van der Waals surface area (Å²) in [6.45, 7) is 3.36.